The van der Waals surface area contributed by atoms with Crippen LogP contribution in [-0.2, 0) is 44.8 Å². The molecule has 7 amide bonds. The van der Waals surface area contributed by atoms with Gasteiger partial charge in [0, 0.05) is 19.0 Å². The highest BCUT2D eigenvalue weighted by Gasteiger charge is 2.34. The number of likely N-dealkylation sites (N-methyl/N-ethyl adjacent to an activating group) is 1. The van der Waals surface area contributed by atoms with E-state index in [2.05, 4.69) is 38.8 Å². The summed E-state index contributed by atoms with van der Waals surface area (Å²) >= 11 is 0. The van der Waals surface area contributed by atoms with E-state index in [-0.39, 0.29) is 18.5 Å². The van der Waals surface area contributed by atoms with Crippen LogP contribution in [0.15, 0.2) is 24.3 Å². The summed E-state index contributed by atoms with van der Waals surface area (Å²) < 4.78 is 0. The second-order valence-electron chi connectivity index (χ2n) is 13.0. The van der Waals surface area contributed by atoms with Crippen LogP contribution in [0, 0.1) is 0 Å². The van der Waals surface area contributed by atoms with E-state index in [0.717, 1.165) is 42.6 Å². The Morgan fingerprint density at radius 3 is 1.93 bits per heavy atom. The van der Waals surface area contributed by atoms with Gasteiger partial charge in [-0.25, -0.2) is 0 Å². The Bertz CT molecular complexity index is 1470. The number of benzene rings is 1. The van der Waals surface area contributed by atoms with E-state index < -0.39 is 96.6 Å². The third kappa shape index (κ3) is 16.2. The summed E-state index contributed by atoms with van der Waals surface area (Å²) in [6.45, 7) is 5.34. The van der Waals surface area contributed by atoms with Gasteiger partial charge in [0.15, 0.2) is 0 Å². The standard InChI is InChI=1S/C36H55N7O11/c1-7-8-9-10-11-25-12-14-26(15-13-25)33(51)42-28(20-45)35(53)39-22(3)31(49)38-19-29(48)43(6)30(24(5)47)36(54)40-23(4)32(50)41-27(18-21(2)46)34(52)37-16-17-44/h12-15,17,22-24,27-28,30,45,47H,7-11,16,18-20H2,1-6H3,(H,37,52)(H,38,49)(H,39,53)(H,40,54)(H,41,50)(H,42,51)/t22-,23+,24?,27?,28-,30+/m1/s1. The van der Waals surface area contributed by atoms with E-state index in [1.54, 1.807) is 12.1 Å². The Morgan fingerprint density at radius 2 is 1.37 bits per heavy atom. The summed E-state index contributed by atoms with van der Waals surface area (Å²) in [4.78, 5) is 112. The van der Waals surface area contributed by atoms with Crippen LogP contribution in [0.3, 0.4) is 0 Å². The molecule has 54 heavy (non-hydrogen) atoms. The fourth-order valence-corrected chi connectivity index (χ4v) is 5.13. The molecule has 0 bridgehead atoms. The zero-order valence-corrected chi connectivity index (χ0v) is 31.7. The zero-order chi connectivity index (χ0) is 41.0. The van der Waals surface area contributed by atoms with Crippen molar-refractivity contribution < 1.29 is 53.4 Å². The molecule has 0 aromatic heterocycles. The van der Waals surface area contributed by atoms with Gasteiger partial charge in [-0.3, -0.25) is 38.4 Å². The first-order valence-electron chi connectivity index (χ1n) is 17.8. The van der Waals surface area contributed by atoms with Gasteiger partial charge in [-0.2, -0.15) is 0 Å². The van der Waals surface area contributed by atoms with Crippen molar-refractivity contribution in [3.8, 4) is 0 Å². The number of Topliss-reactive ketones (excluding diaryl/α,β-unsaturated/α-hetero) is 1. The van der Waals surface area contributed by atoms with Crippen molar-refractivity contribution in [2.45, 2.75) is 109 Å². The number of carbonyl (C=O) groups excluding carboxylic acids is 9. The van der Waals surface area contributed by atoms with Crippen LogP contribution in [0.25, 0.3) is 0 Å². The molecule has 6 atom stereocenters. The molecule has 1 aromatic rings. The first-order valence-corrected chi connectivity index (χ1v) is 17.8. The lowest BCUT2D eigenvalue weighted by molar-refractivity contribution is -0.144. The SMILES string of the molecule is CCCCCCc1ccc(C(=O)N[C@H](CO)C(=O)N[C@H](C)C(=O)NCC(=O)N(C)[C@H](C(=O)N[C@@H](C)C(=O)NC(CC(C)=O)C(=O)NCC=O)C(C)O)cc1. The number of unbranched alkanes of at least 4 members (excludes halogenated alkanes) is 3. The molecule has 0 saturated carbocycles. The van der Waals surface area contributed by atoms with Gasteiger partial charge in [0.25, 0.3) is 5.91 Å². The fraction of sp³-hybridized carbons (Fsp3) is 0.583. The molecule has 0 fully saturated rings. The average molecular weight is 762 g/mol. The molecule has 300 valence electrons. The Balaban J connectivity index is 2.74. The number of nitrogens with one attached hydrogen (secondary N) is 6. The second-order valence-corrected chi connectivity index (χ2v) is 13.0. The predicted molar refractivity (Wildman–Crippen MR) is 195 cm³/mol. The minimum absolute atomic E-state index is 0.281. The summed E-state index contributed by atoms with van der Waals surface area (Å²) in [6, 6.07) is 0.112. The first-order chi connectivity index (χ1) is 25.5. The summed E-state index contributed by atoms with van der Waals surface area (Å²) in [5.41, 5.74) is 1.35. The third-order valence-electron chi connectivity index (χ3n) is 8.28. The lowest BCUT2D eigenvalue weighted by atomic mass is 10.0. The molecule has 0 saturated heterocycles. The maximum atomic E-state index is 13.1. The molecule has 0 aliphatic rings. The number of hydrogen-bond acceptors (Lipinski definition) is 11. The highest BCUT2D eigenvalue weighted by Crippen LogP contribution is 2.10. The molecule has 2 unspecified atom stereocenters. The minimum Gasteiger partial charge on any atom is -0.394 e. The van der Waals surface area contributed by atoms with E-state index in [1.165, 1.54) is 34.7 Å². The lowest BCUT2D eigenvalue weighted by Crippen LogP contribution is -2.59. The number of carbonyl (C=O) groups is 9. The number of aliphatic hydroxyl groups excluding tert-OH is 2. The number of aliphatic hydroxyl groups is 2. The number of aryl methyl sites for hydroxylation is 1. The number of nitrogens with zero attached hydrogens (tertiary/aromatic N) is 1. The van der Waals surface area contributed by atoms with Crippen LogP contribution in [0.1, 0.15) is 82.6 Å². The van der Waals surface area contributed by atoms with Crippen molar-refractivity contribution >= 4 is 53.4 Å². The van der Waals surface area contributed by atoms with Gasteiger partial charge in [0.1, 0.15) is 42.3 Å². The number of hydrogen-bond donors (Lipinski definition) is 8. The van der Waals surface area contributed by atoms with Crippen molar-refractivity contribution in [3.05, 3.63) is 35.4 Å². The maximum Gasteiger partial charge on any atom is 0.251 e. The molecule has 0 aliphatic carbocycles. The molecule has 0 spiro atoms. The van der Waals surface area contributed by atoms with Gasteiger partial charge in [0.05, 0.1) is 25.8 Å². The molecule has 1 aromatic carbocycles. The van der Waals surface area contributed by atoms with Crippen molar-refractivity contribution in [2.24, 2.45) is 0 Å². The van der Waals surface area contributed by atoms with Gasteiger partial charge in [-0.05, 0) is 58.2 Å². The summed E-state index contributed by atoms with van der Waals surface area (Å²) in [7, 11) is 1.18. The van der Waals surface area contributed by atoms with Crippen molar-refractivity contribution in [1.82, 2.24) is 36.8 Å². The van der Waals surface area contributed by atoms with Gasteiger partial charge >= 0.3 is 0 Å². The monoisotopic (exact) mass is 761 g/mol. The third-order valence-corrected chi connectivity index (χ3v) is 8.28. The molecule has 0 heterocycles. The molecule has 18 nitrogen and oxygen atoms in total. The average Bonchev–Trinajstić information content (AvgIpc) is 3.12. The molecule has 1 rings (SSSR count). The number of ketones is 1. The molecule has 18 heteroatoms. The first kappa shape index (κ1) is 46.8. The number of amides is 7. The van der Waals surface area contributed by atoms with Gasteiger partial charge in [0.2, 0.25) is 35.4 Å². The largest absolute Gasteiger partial charge is 0.394 e. The van der Waals surface area contributed by atoms with E-state index in [1.807, 2.05) is 12.1 Å². The second kappa shape index (κ2) is 24.2. The van der Waals surface area contributed by atoms with E-state index in [9.17, 15) is 53.4 Å². The highest BCUT2D eigenvalue weighted by atomic mass is 16.3. The van der Waals surface area contributed by atoms with Gasteiger partial charge in [-0.1, -0.05) is 38.3 Å². The molecular formula is C36H55N7O11. The van der Waals surface area contributed by atoms with Gasteiger partial charge < -0.3 is 51.8 Å². The Labute approximate surface area is 314 Å². The highest BCUT2D eigenvalue weighted by molar-refractivity contribution is 5.99. The van der Waals surface area contributed by atoms with Crippen molar-refractivity contribution in [1.29, 1.82) is 0 Å². The van der Waals surface area contributed by atoms with Crippen LogP contribution < -0.4 is 31.9 Å². The van der Waals surface area contributed by atoms with Crippen molar-refractivity contribution in [3.63, 3.8) is 0 Å². The number of rotatable bonds is 24. The van der Waals surface area contributed by atoms with Crippen LogP contribution >= 0.6 is 0 Å². The lowest BCUT2D eigenvalue weighted by Gasteiger charge is -2.30. The fourth-order valence-electron chi connectivity index (χ4n) is 5.13. The van der Waals surface area contributed by atoms with Crippen LogP contribution in [-0.4, -0.2) is 132 Å². The smallest absolute Gasteiger partial charge is 0.251 e. The van der Waals surface area contributed by atoms with Crippen LogP contribution in [0.2, 0.25) is 0 Å². The summed E-state index contributed by atoms with van der Waals surface area (Å²) in [5.74, 6) is -6.17. The van der Waals surface area contributed by atoms with E-state index in [0.29, 0.717) is 6.29 Å². The Kier molecular flexibility index (Phi) is 20.9. The molecule has 0 aliphatic heterocycles. The maximum absolute atomic E-state index is 13.1. The normalized spacial score (nSPS) is 14.1. The van der Waals surface area contributed by atoms with Crippen LogP contribution in [0.4, 0.5) is 0 Å². The zero-order valence-electron chi connectivity index (χ0n) is 31.7. The molecule has 0 radical (unpaired) electrons. The Morgan fingerprint density at radius 1 is 0.759 bits per heavy atom. The van der Waals surface area contributed by atoms with E-state index in [4.69, 9.17) is 0 Å². The van der Waals surface area contributed by atoms with Gasteiger partial charge in [-0.15, -0.1) is 0 Å². The quantitative estimate of drug-likeness (QED) is 0.0422. The molecule has 8 N–H and O–H groups in total. The van der Waals surface area contributed by atoms with Crippen molar-refractivity contribution in [2.75, 3.05) is 26.7 Å². The Hall–Kier alpha value is -5.23. The van der Waals surface area contributed by atoms with E-state index >= 15 is 0 Å². The van der Waals surface area contributed by atoms with Crippen LogP contribution in [0.5, 0.6) is 0 Å². The minimum atomic E-state index is -1.54. The number of aldehydes is 1. The molecular weight excluding hydrogens is 706 g/mol. The summed E-state index contributed by atoms with van der Waals surface area (Å²) in [5, 5.41) is 34.1. The summed E-state index contributed by atoms with van der Waals surface area (Å²) in [6.07, 6.45) is 3.88. The topological polar surface area (TPSA) is 270 Å². The predicted octanol–water partition coefficient (Wildman–Crippen LogP) is -1.99.